The third kappa shape index (κ3) is 4.82. The van der Waals surface area contributed by atoms with Gasteiger partial charge in [0.25, 0.3) is 5.91 Å². The van der Waals surface area contributed by atoms with Gasteiger partial charge in [-0.15, -0.1) is 0 Å². The van der Waals surface area contributed by atoms with Gasteiger partial charge in [0.1, 0.15) is 28.8 Å². The number of fused-ring (bicyclic) bond motifs is 2. The summed E-state index contributed by atoms with van der Waals surface area (Å²) in [6, 6.07) is 5.61. The van der Waals surface area contributed by atoms with E-state index in [1.54, 1.807) is 32.9 Å². The Kier molecular flexibility index (Phi) is 7.48. The summed E-state index contributed by atoms with van der Waals surface area (Å²) in [7, 11) is 0. The van der Waals surface area contributed by atoms with Gasteiger partial charge in [-0.05, 0) is 25.1 Å². The zero-order valence-corrected chi connectivity index (χ0v) is 22.8. The number of piperazine rings is 2. The molecule has 39 heavy (non-hydrogen) atoms. The molecule has 9 nitrogen and oxygen atoms in total. The Morgan fingerprint density at radius 1 is 1.15 bits per heavy atom. The van der Waals surface area contributed by atoms with Gasteiger partial charge in [0, 0.05) is 57.3 Å². The number of ether oxygens (including phenoxy) is 1. The third-order valence-electron chi connectivity index (χ3n) is 7.62. The van der Waals surface area contributed by atoms with Crippen molar-refractivity contribution in [3.63, 3.8) is 0 Å². The van der Waals surface area contributed by atoms with E-state index in [9.17, 15) is 18.8 Å². The Hall–Kier alpha value is -3.66. The average molecular weight is 556 g/mol. The van der Waals surface area contributed by atoms with Gasteiger partial charge in [0.05, 0.1) is 11.7 Å². The zero-order valence-electron chi connectivity index (χ0n) is 22.0. The lowest BCUT2D eigenvalue weighted by Crippen LogP contribution is -2.57. The van der Waals surface area contributed by atoms with Crippen LogP contribution >= 0.6 is 11.6 Å². The number of carbonyl (C=O) groups excluding carboxylic acids is 3. The molecule has 0 saturated carbocycles. The number of aromatic nitrogens is 1. The molecule has 4 heterocycles. The summed E-state index contributed by atoms with van der Waals surface area (Å²) in [5, 5.41) is 0.0542. The van der Waals surface area contributed by atoms with Crippen LogP contribution in [0.3, 0.4) is 0 Å². The van der Waals surface area contributed by atoms with Crippen molar-refractivity contribution in [3.05, 3.63) is 53.3 Å². The van der Waals surface area contributed by atoms with Gasteiger partial charge >= 0.3 is 0 Å². The fourth-order valence-corrected chi connectivity index (χ4v) is 5.83. The van der Waals surface area contributed by atoms with Gasteiger partial charge in [-0.1, -0.05) is 37.2 Å². The van der Waals surface area contributed by atoms with E-state index in [4.69, 9.17) is 21.3 Å². The molecule has 1 aromatic heterocycles. The minimum atomic E-state index is -0.500. The maximum atomic E-state index is 14.9. The summed E-state index contributed by atoms with van der Waals surface area (Å²) in [5.41, 5.74) is 0.590. The largest absolute Gasteiger partial charge is 0.489 e. The number of hydrogen-bond acceptors (Lipinski definition) is 6. The maximum absolute atomic E-state index is 14.9. The van der Waals surface area contributed by atoms with Gasteiger partial charge in [0.15, 0.2) is 5.75 Å². The Morgan fingerprint density at radius 3 is 2.56 bits per heavy atom. The van der Waals surface area contributed by atoms with Gasteiger partial charge < -0.3 is 24.3 Å². The monoisotopic (exact) mass is 555 g/mol. The highest BCUT2D eigenvalue weighted by molar-refractivity contribution is 6.35. The quantitative estimate of drug-likeness (QED) is 0.539. The number of anilines is 1. The van der Waals surface area contributed by atoms with E-state index < -0.39 is 11.9 Å². The molecule has 0 bridgehead atoms. The lowest BCUT2D eigenvalue weighted by molar-refractivity contribution is -0.131. The maximum Gasteiger partial charge on any atom is 0.261 e. The van der Waals surface area contributed by atoms with Crippen LogP contribution in [0.2, 0.25) is 5.02 Å². The molecule has 0 unspecified atom stereocenters. The molecule has 2 saturated heterocycles. The van der Waals surface area contributed by atoms with E-state index in [0.717, 1.165) is 0 Å². The van der Waals surface area contributed by atoms with Crippen LogP contribution in [0.25, 0.3) is 11.3 Å². The fourth-order valence-electron chi connectivity index (χ4n) is 5.54. The number of carbonyl (C=O) groups is 3. The van der Waals surface area contributed by atoms with Crippen LogP contribution in [0.15, 0.2) is 36.9 Å². The van der Waals surface area contributed by atoms with Crippen molar-refractivity contribution in [2.45, 2.75) is 32.4 Å². The van der Waals surface area contributed by atoms with Crippen molar-refractivity contribution in [1.29, 1.82) is 0 Å². The fraction of sp³-hybridized carbons (Fsp3) is 0.429. The zero-order chi connectivity index (χ0) is 27.8. The minimum Gasteiger partial charge on any atom is -0.489 e. The first-order valence-corrected chi connectivity index (χ1v) is 13.5. The summed E-state index contributed by atoms with van der Waals surface area (Å²) in [4.78, 5) is 50.7. The highest BCUT2D eigenvalue weighted by atomic mass is 35.5. The van der Waals surface area contributed by atoms with Crippen LogP contribution in [0, 0.1) is 5.82 Å². The molecular formula is C28H31ClFN5O4. The molecular weight excluding hydrogens is 525 g/mol. The summed E-state index contributed by atoms with van der Waals surface area (Å²) in [5.74, 6) is -0.452. The number of rotatable bonds is 4. The van der Waals surface area contributed by atoms with Gasteiger partial charge in [-0.25, -0.2) is 9.37 Å². The van der Waals surface area contributed by atoms with Gasteiger partial charge in [0.2, 0.25) is 11.8 Å². The molecule has 0 N–H and O–H groups in total. The molecule has 3 amide bonds. The first-order valence-electron chi connectivity index (χ1n) is 13.1. The molecule has 2 fully saturated rings. The van der Waals surface area contributed by atoms with Crippen molar-refractivity contribution >= 4 is 35.1 Å². The number of nitrogens with zero attached hydrogens (tertiary/aromatic N) is 5. The van der Waals surface area contributed by atoms with Crippen molar-refractivity contribution in [3.8, 4) is 17.0 Å². The van der Waals surface area contributed by atoms with Crippen LogP contribution in [0.5, 0.6) is 5.75 Å². The highest BCUT2D eigenvalue weighted by Crippen LogP contribution is 2.44. The predicted molar refractivity (Wildman–Crippen MR) is 145 cm³/mol. The lowest BCUT2D eigenvalue weighted by atomic mass is 10.0. The molecule has 0 radical (unpaired) electrons. The van der Waals surface area contributed by atoms with E-state index in [1.807, 2.05) is 18.7 Å². The van der Waals surface area contributed by atoms with Crippen LogP contribution in [-0.2, 0) is 9.59 Å². The first kappa shape index (κ1) is 26.9. The highest BCUT2D eigenvalue weighted by Gasteiger charge is 2.41. The van der Waals surface area contributed by atoms with Crippen LogP contribution < -0.4 is 9.64 Å². The number of amides is 3. The molecule has 11 heteroatoms. The van der Waals surface area contributed by atoms with E-state index in [0.29, 0.717) is 51.5 Å². The standard InChI is InChI=1S/C28H31ClFN5O4/c1-4-21(36)32-10-12-34(17(3)14-32)27-23-26(24(29)25(31-27)19-8-6-7-9-20(19)30)39-16-18-15-33(22(37)5-2)11-13-35(18)28(23)38/h5-9,17-18H,2,4,10-16H2,1,3H3/t17-,18+/m0/s1. The second-order valence-corrected chi connectivity index (χ2v) is 10.3. The Labute approximate surface area is 231 Å². The molecule has 3 aliphatic heterocycles. The van der Waals surface area contributed by atoms with E-state index in [2.05, 4.69) is 6.58 Å². The van der Waals surface area contributed by atoms with Crippen molar-refractivity contribution in [2.75, 3.05) is 50.8 Å². The van der Waals surface area contributed by atoms with E-state index >= 15 is 0 Å². The van der Waals surface area contributed by atoms with Gasteiger partial charge in [-0.3, -0.25) is 14.4 Å². The van der Waals surface area contributed by atoms with Crippen LogP contribution in [0.1, 0.15) is 30.6 Å². The van der Waals surface area contributed by atoms with Crippen molar-refractivity contribution < 1.29 is 23.5 Å². The van der Waals surface area contributed by atoms with Gasteiger partial charge in [-0.2, -0.15) is 0 Å². The van der Waals surface area contributed by atoms with E-state index in [1.165, 1.54) is 12.1 Å². The third-order valence-corrected chi connectivity index (χ3v) is 7.97. The molecule has 5 rings (SSSR count). The molecule has 206 valence electrons. The number of hydrogen-bond donors (Lipinski definition) is 0. The molecule has 2 aromatic rings. The van der Waals surface area contributed by atoms with E-state index in [-0.39, 0.29) is 58.0 Å². The summed E-state index contributed by atoms with van der Waals surface area (Å²) in [6.07, 6.45) is 1.67. The SMILES string of the molecule is C=CC(=O)N1CCN2C(=O)c3c(N4CCN(C(=O)CC)C[C@@H]4C)nc(-c4ccccc4F)c(Cl)c3OC[C@H]2C1. The molecule has 0 aliphatic carbocycles. The Morgan fingerprint density at radius 2 is 1.87 bits per heavy atom. The molecule has 1 aromatic carbocycles. The average Bonchev–Trinajstić information content (AvgIpc) is 3.09. The Balaban J connectivity index is 1.61. The topological polar surface area (TPSA) is 86.3 Å². The van der Waals surface area contributed by atoms with Crippen LogP contribution in [0.4, 0.5) is 10.2 Å². The van der Waals surface area contributed by atoms with Crippen LogP contribution in [-0.4, -0.2) is 95.4 Å². The normalized spacial score (nSPS) is 21.1. The van der Waals surface area contributed by atoms with Crippen molar-refractivity contribution in [2.24, 2.45) is 0 Å². The Bertz CT molecular complexity index is 1340. The predicted octanol–water partition coefficient (Wildman–Crippen LogP) is 3.22. The lowest BCUT2D eigenvalue weighted by Gasteiger charge is -2.42. The number of benzene rings is 1. The number of halogens is 2. The second kappa shape index (κ2) is 10.8. The summed E-state index contributed by atoms with van der Waals surface area (Å²) >= 11 is 6.83. The minimum absolute atomic E-state index is 0.0542. The second-order valence-electron chi connectivity index (χ2n) is 9.97. The number of pyridine rings is 1. The smallest absolute Gasteiger partial charge is 0.261 e. The molecule has 0 spiro atoms. The first-order chi connectivity index (χ1) is 18.7. The molecule has 2 atom stereocenters. The molecule has 3 aliphatic rings. The summed E-state index contributed by atoms with van der Waals surface area (Å²) in [6.45, 7) is 9.78. The van der Waals surface area contributed by atoms with Crippen molar-refractivity contribution in [1.82, 2.24) is 19.7 Å². The summed E-state index contributed by atoms with van der Waals surface area (Å²) < 4.78 is 21.2.